The van der Waals surface area contributed by atoms with E-state index in [0.29, 0.717) is 39.1 Å². The third-order valence-electron chi connectivity index (χ3n) is 5.25. The van der Waals surface area contributed by atoms with E-state index in [9.17, 15) is 9.59 Å². The molecule has 3 aromatic carbocycles. The van der Waals surface area contributed by atoms with E-state index >= 15 is 0 Å². The van der Waals surface area contributed by atoms with Gasteiger partial charge in [0.2, 0.25) is 0 Å². The average Bonchev–Trinajstić information content (AvgIpc) is 3.02. The number of imide groups is 1. The lowest BCUT2D eigenvalue weighted by Crippen LogP contribution is -2.34. The molecular formula is C25H20Cl2N2O2. The fourth-order valence-corrected chi connectivity index (χ4v) is 3.94. The third kappa shape index (κ3) is 4.09. The van der Waals surface area contributed by atoms with Gasteiger partial charge in [0.05, 0.1) is 11.3 Å². The van der Waals surface area contributed by atoms with Crippen LogP contribution in [-0.4, -0.2) is 23.8 Å². The molecule has 0 radical (unpaired) electrons. The number of benzene rings is 3. The molecule has 0 aromatic heterocycles. The van der Waals surface area contributed by atoms with Gasteiger partial charge in [-0.2, -0.15) is 0 Å². The van der Waals surface area contributed by atoms with E-state index in [4.69, 9.17) is 23.2 Å². The lowest BCUT2D eigenvalue weighted by molar-refractivity contribution is -0.120. The number of hydrogen-bond donors (Lipinski definition) is 0. The van der Waals surface area contributed by atoms with Gasteiger partial charge in [-0.05, 0) is 47.9 Å². The normalized spacial score (nSPS) is 13.9. The standard InChI is InChI=1S/C25H20Cl2N2O2/c1-16-8-13-20(14-21(16)27)29-24(30)22(18-9-11-19(26)12-10-18)23(25(29)31)28(2)15-17-6-4-3-5-7-17/h3-14H,15H2,1-2H3. The fourth-order valence-electron chi connectivity index (χ4n) is 3.64. The molecule has 0 fully saturated rings. The second-order valence-electron chi connectivity index (χ2n) is 7.45. The lowest BCUT2D eigenvalue weighted by Gasteiger charge is -2.22. The number of likely N-dealkylation sites (N-methyl/N-ethyl adjacent to an activating group) is 1. The van der Waals surface area contributed by atoms with E-state index in [1.54, 1.807) is 42.5 Å². The summed E-state index contributed by atoms with van der Waals surface area (Å²) in [4.78, 5) is 30.0. The van der Waals surface area contributed by atoms with Gasteiger partial charge < -0.3 is 4.90 Å². The smallest absolute Gasteiger partial charge is 0.282 e. The van der Waals surface area contributed by atoms with Gasteiger partial charge in [-0.15, -0.1) is 0 Å². The first-order chi connectivity index (χ1) is 14.9. The summed E-state index contributed by atoms with van der Waals surface area (Å²) in [5.41, 5.74) is 3.67. The monoisotopic (exact) mass is 450 g/mol. The van der Waals surface area contributed by atoms with E-state index in [0.717, 1.165) is 11.1 Å². The number of anilines is 1. The summed E-state index contributed by atoms with van der Waals surface area (Å²) >= 11 is 12.3. The molecule has 2 amide bonds. The second-order valence-corrected chi connectivity index (χ2v) is 8.29. The Bertz CT molecular complexity index is 1190. The van der Waals surface area contributed by atoms with Gasteiger partial charge in [-0.3, -0.25) is 9.59 Å². The highest BCUT2D eigenvalue weighted by Gasteiger charge is 2.41. The van der Waals surface area contributed by atoms with Crippen LogP contribution < -0.4 is 4.90 Å². The Morgan fingerprint density at radius 3 is 2.19 bits per heavy atom. The van der Waals surface area contributed by atoms with Crippen LogP contribution in [0.15, 0.2) is 78.5 Å². The molecule has 0 saturated carbocycles. The Hall–Kier alpha value is -3.08. The predicted octanol–water partition coefficient (Wildman–Crippen LogP) is 5.72. The fraction of sp³-hybridized carbons (Fsp3) is 0.120. The molecule has 6 heteroatoms. The minimum atomic E-state index is -0.387. The number of rotatable bonds is 5. The van der Waals surface area contributed by atoms with Crippen LogP contribution in [0.4, 0.5) is 5.69 Å². The Morgan fingerprint density at radius 2 is 1.55 bits per heavy atom. The van der Waals surface area contributed by atoms with Gasteiger partial charge in [0, 0.05) is 23.6 Å². The highest BCUT2D eigenvalue weighted by atomic mass is 35.5. The van der Waals surface area contributed by atoms with Gasteiger partial charge in [-0.1, -0.05) is 71.7 Å². The van der Waals surface area contributed by atoms with Crippen LogP contribution in [0.1, 0.15) is 16.7 Å². The van der Waals surface area contributed by atoms with Gasteiger partial charge in [0.1, 0.15) is 5.70 Å². The molecule has 1 aliphatic rings. The minimum absolute atomic E-state index is 0.341. The highest BCUT2D eigenvalue weighted by Crippen LogP contribution is 2.36. The number of halogens is 2. The highest BCUT2D eigenvalue weighted by molar-refractivity contribution is 6.45. The number of carbonyl (C=O) groups is 2. The summed E-state index contributed by atoms with van der Waals surface area (Å²) in [6, 6.07) is 21.9. The number of carbonyl (C=O) groups excluding carboxylic acids is 2. The summed E-state index contributed by atoms with van der Waals surface area (Å²) in [7, 11) is 1.81. The van der Waals surface area contributed by atoms with E-state index in [2.05, 4.69) is 0 Å². The molecule has 0 N–H and O–H groups in total. The molecule has 1 heterocycles. The van der Waals surface area contributed by atoms with Gasteiger partial charge in [0.25, 0.3) is 11.8 Å². The van der Waals surface area contributed by atoms with Crippen LogP contribution in [0.3, 0.4) is 0 Å². The molecule has 0 aliphatic carbocycles. The van der Waals surface area contributed by atoms with Crippen molar-refractivity contribution in [1.82, 2.24) is 4.90 Å². The Morgan fingerprint density at radius 1 is 0.871 bits per heavy atom. The second kappa shape index (κ2) is 8.58. The number of aryl methyl sites for hydroxylation is 1. The zero-order valence-electron chi connectivity index (χ0n) is 17.1. The molecule has 0 bridgehead atoms. The van der Waals surface area contributed by atoms with Crippen molar-refractivity contribution in [3.05, 3.63) is 105 Å². The van der Waals surface area contributed by atoms with Crippen molar-refractivity contribution in [3.63, 3.8) is 0 Å². The average molecular weight is 451 g/mol. The summed E-state index contributed by atoms with van der Waals surface area (Å²) in [6.45, 7) is 2.35. The van der Waals surface area contributed by atoms with Gasteiger partial charge in [0.15, 0.2) is 0 Å². The molecule has 1 aliphatic heterocycles. The summed E-state index contributed by atoms with van der Waals surface area (Å²) in [5.74, 6) is -0.768. The van der Waals surface area contributed by atoms with E-state index < -0.39 is 0 Å². The molecule has 31 heavy (non-hydrogen) atoms. The van der Waals surface area contributed by atoms with Crippen LogP contribution in [0, 0.1) is 6.92 Å². The van der Waals surface area contributed by atoms with Crippen molar-refractivity contribution in [2.75, 3.05) is 11.9 Å². The number of nitrogens with zero attached hydrogens (tertiary/aromatic N) is 2. The Balaban J connectivity index is 1.80. The van der Waals surface area contributed by atoms with Crippen molar-refractivity contribution in [2.24, 2.45) is 0 Å². The van der Waals surface area contributed by atoms with Crippen LogP contribution in [0.25, 0.3) is 5.57 Å². The maximum Gasteiger partial charge on any atom is 0.282 e. The molecule has 0 atom stereocenters. The van der Waals surface area contributed by atoms with E-state index in [1.807, 2.05) is 49.2 Å². The SMILES string of the molecule is Cc1ccc(N2C(=O)C(c3ccc(Cl)cc3)=C(N(C)Cc3ccccc3)C2=O)cc1Cl. The molecule has 4 nitrogen and oxygen atoms in total. The van der Waals surface area contributed by atoms with E-state index in [-0.39, 0.29) is 11.8 Å². The Kier molecular flexibility index (Phi) is 5.86. The number of amides is 2. The lowest BCUT2D eigenvalue weighted by atomic mass is 10.0. The minimum Gasteiger partial charge on any atom is -0.365 e. The van der Waals surface area contributed by atoms with Crippen molar-refractivity contribution in [3.8, 4) is 0 Å². The van der Waals surface area contributed by atoms with Crippen molar-refractivity contribution in [2.45, 2.75) is 13.5 Å². The molecule has 156 valence electrons. The first kappa shape index (κ1) is 21.2. The van der Waals surface area contributed by atoms with Gasteiger partial charge >= 0.3 is 0 Å². The Labute approximate surface area is 191 Å². The third-order valence-corrected chi connectivity index (χ3v) is 5.91. The zero-order valence-corrected chi connectivity index (χ0v) is 18.6. The first-order valence-corrected chi connectivity index (χ1v) is 10.5. The maximum atomic E-state index is 13.5. The maximum absolute atomic E-state index is 13.5. The van der Waals surface area contributed by atoms with Crippen LogP contribution in [0.5, 0.6) is 0 Å². The molecule has 0 unspecified atom stereocenters. The molecule has 0 saturated heterocycles. The molecular weight excluding hydrogens is 431 g/mol. The topological polar surface area (TPSA) is 40.6 Å². The van der Waals surface area contributed by atoms with Crippen LogP contribution in [0.2, 0.25) is 10.0 Å². The van der Waals surface area contributed by atoms with Crippen molar-refractivity contribution < 1.29 is 9.59 Å². The molecule has 3 aromatic rings. The number of hydrogen-bond acceptors (Lipinski definition) is 3. The predicted molar refractivity (Wildman–Crippen MR) is 125 cm³/mol. The van der Waals surface area contributed by atoms with Crippen molar-refractivity contribution >= 4 is 46.3 Å². The summed E-state index contributed by atoms with van der Waals surface area (Å²) < 4.78 is 0. The van der Waals surface area contributed by atoms with Crippen molar-refractivity contribution in [1.29, 1.82) is 0 Å². The zero-order chi connectivity index (χ0) is 22.1. The van der Waals surface area contributed by atoms with Gasteiger partial charge in [-0.25, -0.2) is 4.90 Å². The summed E-state index contributed by atoms with van der Waals surface area (Å²) in [5, 5.41) is 1.06. The largest absolute Gasteiger partial charge is 0.365 e. The quantitative estimate of drug-likeness (QED) is 0.466. The summed E-state index contributed by atoms with van der Waals surface area (Å²) in [6.07, 6.45) is 0. The first-order valence-electron chi connectivity index (χ1n) is 9.77. The van der Waals surface area contributed by atoms with E-state index in [1.165, 1.54) is 4.90 Å². The van der Waals surface area contributed by atoms with Crippen LogP contribution in [-0.2, 0) is 16.1 Å². The molecule has 4 rings (SSSR count). The molecule has 0 spiro atoms. The van der Waals surface area contributed by atoms with Crippen LogP contribution >= 0.6 is 23.2 Å².